The number of amides is 1. The number of carboxylic acids is 1. The van der Waals surface area contributed by atoms with Gasteiger partial charge in [0, 0.05) is 0 Å². The molecule has 1 fully saturated rings. The molecule has 0 spiro atoms. The molecule has 2 N–H and O–H groups in total. The van der Waals surface area contributed by atoms with E-state index in [4.69, 9.17) is 5.11 Å². The SMILES string of the molecule is Cc1cccc(C2(C(=O)N[C@@H](C)C(=O)O)CCCC2)c1. The van der Waals surface area contributed by atoms with Crippen LogP contribution < -0.4 is 5.32 Å². The summed E-state index contributed by atoms with van der Waals surface area (Å²) in [6, 6.07) is 7.12. The van der Waals surface area contributed by atoms with Gasteiger partial charge in [-0.25, -0.2) is 0 Å². The third-order valence-electron chi connectivity index (χ3n) is 4.18. The zero-order valence-corrected chi connectivity index (χ0v) is 12.0. The molecule has 0 aliphatic heterocycles. The Bertz CT molecular complexity index is 518. The molecular formula is C16H21NO3. The summed E-state index contributed by atoms with van der Waals surface area (Å²) in [6.45, 7) is 3.50. The van der Waals surface area contributed by atoms with Crippen molar-refractivity contribution < 1.29 is 14.7 Å². The Morgan fingerprint density at radius 1 is 1.30 bits per heavy atom. The second kappa shape index (κ2) is 5.65. The van der Waals surface area contributed by atoms with Gasteiger partial charge in [0.25, 0.3) is 0 Å². The Balaban J connectivity index is 2.30. The van der Waals surface area contributed by atoms with Crippen LogP contribution in [-0.4, -0.2) is 23.0 Å². The lowest BCUT2D eigenvalue weighted by Gasteiger charge is -2.29. The highest BCUT2D eigenvalue weighted by Gasteiger charge is 2.43. The van der Waals surface area contributed by atoms with Crippen LogP contribution in [0.3, 0.4) is 0 Å². The molecule has 1 atom stereocenters. The van der Waals surface area contributed by atoms with E-state index >= 15 is 0 Å². The molecule has 1 amide bonds. The fourth-order valence-corrected chi connectivity index (χ4v) is 2.96. The van der Waals surface area contributed by atoms with Crippen molar-refractivity contribution in [2.75, 3.05) is 0 Å². The number of nitrogens with one attached hydrogen (secondary N) is 1. The molecule has 1 saturated carbocycles. The molecule has 2 rings (SSSR count). The van der Waals surface area contributed by atoms with Crippen molar-refractivity contribution in [3.8, 4) is 0 Å². The van der Waals surface area contributed by atoms with Gasteiger partial charge in [0.2, 0.25) is 5.91 Å². The van der Waals surface area contributed by atoms with E-state index in [1.807, 2.05) is 31.2 Å². The number of hydrogen-bond donors (Lipinski definition) is 2. The van der Waals surface area contributed by atoms with Gasteiger partial charge in [-0.1, -0.05) is 42.7 Å². The van der Waals surface area contributed by atoms with Crippen molar-refractivity contribution in [1.29, 1.82) is 0 Å². The Morgan fingerprint density at radius 2 is 1.95 bits per heavy atom. The lowest BCUT2D eigenvalue weighted by Crippen LogP contribution is -2.48. The van der Waals surface area contributed by atoms with Gasteiger partial charge < -0.3 is 10.4 Å². The van der Waals surface area contributed by atoms with E-state index in [9.17, 15) is 9.59 Å². The molecular weight excluding hydrogens is 254 g/mol. The number of aliphatic carboxylic acids is 1. The second-order valence-corrected chi connectivity index (χ2v) is 5.69. The number of carbonyl (C=O) groups excluding carboxylic acids is 1. The highest BCUT2D eigenvalue weighted by Crippen LogP contribution is 2.41. The number of hydrogen-bond acceptors (Lipinski definition) is 2. The molecule has 0 bridgehead atoms. The van der Waals surface area contributed by atoms with Gasteiger partial charge in [0.1, 0.15) is 6.04 Å². The van der Waals surface area contributed by atoms with Crippen LogP contribution in [0.1, 0.15) is 43.7 Å². The van der Waals surface area contributed by atoms with Crippen LogP contribution in [0.15, 0.2) is 24.3 Å². The molecule has 20 heavy (non-hydrogen) atoms. The molecule has 0 aromatic heterocycles. The van der Waals surface area contributed by atoms with Crippen LogP contribution in [0.2, 0.25) is 0 Å². The molecule has 4 nitrogen and oxygen atoms in total. The number of carboxylic acid groups (broad SMARTS) is 1. The summed E-state index contributed by atoms with van der Waals surface area (Å²) in [7, 11) is 0. The van der Waals surface area contributed by atoms with Gasteiger partial charge in [-0.05, 0) is 32.3 Å². The van der Waals surface area contributed by atoms with Gasteiger partial charge in [-0.15, -0.1) is 0 Å². The quantitative estimate of drug-likeness (QED) is 0.886. The molecule has 0 radical (unpaired) electrons. The fraction of sp³-hybridized carbons (Fsp3) is 0.500. The molecule has 0 unspecified atom stereocenters. The van der Waals surface area contributed by atoms with Crippen LogP contribution in [0, 0.1) is 6.92 Å². The molecule has 108 valence electrons. The molecule has 4 heteroatoms. The fourth-order valence-electron chi connectivity index (χ4n) is 2.96. The Morgan fingerprint density at radius 3 is 2.50 bits per heavy atom. The highest BCUT2D eigenvalue weighted by atomic mass is 16.4. The normalized spacial score (nSPS) is 18.5. The molecule has 0 heterocycles. The van der Waals surface area contributed by atoms with Crippen LogP contribution >= 0.6 is 0 Å². The van der Waals surface area contributed by atoms with E-state index in [-0.39, 0.29) is 5.91 Å². The van der Waals surface area contributed by atoms with Crippen LogP contribution in [0.5, 0.6) is 0 Å². The van der Waals surface area contributed by atoms with E-state index in [0.717, 1.165) is 36.8 Å². The van der Waals surface area contributed by atoms with Crippen molar-refractivity contribution in [1.82, 2.24) is 5.32 Å². The summed E-state index contributed by atoms with van der Waals surface area (Å²) >= 11 is 0. The average Bonchev–Trinajstić information content (AvgIpc) is 2.89. The van der Waals surface area contributed by atoms with Gasteiger partial charge in [-0.3, -0.25) is 9.59 Å². The first-order chi connectivity index (χ1) is 9.45. The van der Waals surface area contributed by atoms with Gasteiger partial charge in [0.05, 0.1) is 5.41 Å². The number of carbonyl (C=O) groups is 2. The van der Waals surface area contributed by atoms with Gasteiger partial charge >= 0.3 is 5.97 Å². The van der Waals surface area contributed by atoms with Crippen molar-refractivity contribution in [2.24, 2.45) is 0 Å². The zero-order chi connectivity index (χ0) is 14.8. The van der Waals surface area contributed by atoms with Crippen LogP contribution in [-0.2, 0) is 15.0 Å². The Hall–Kier alpha value is -1.84. The summed E-state index contributed by atoms with van der Waals surface area (Å²) in [5, 5.41) is 11.6. The largest absolute Gasteiger partial charge is 0.480 e. The standard InChI is InChI=1S/C16H21NO3/c1-11-6-5-7-13(10-11)16(8-3-4-9-16)15(20)17-12(2)14(18)19/h5-7,10,12H,3-4,8-9H2,1-2H3,(H,17,20)(H,18,19)/t12-/m0/s1. The van der Waals surface area contributed by atoms with Crippen LogP contribution in [0.25, 0.3) is 0 Å². The van der Waals surface area contributed by atoms with Crippen molar-refractivity contribution in [2.45, 2.75) is 51.0 Å². The predicted molar refractivity (Wildman–Crippen MR) is 76.6 cm³/mol. The number of rotatable bonds is 4. The van der Waals surface area contributed by atoms with E-state index in [0.29, 0.717) is 0 Å². The molecule has 1 aromatic carbocycles. The highest BCUT2D eigenvalue weighted by molar-refractivity contribution is 5.91. The Labute approximate surface area is 119 Å². The summed E-state index contributed by atoms with van der Waals surface area (Å²) in [5.74, 6) is -1.16. The van der Waals surface area contributed by atoms with E-state index in [1.54, 1.807) is 0 Å². The monoisotopic (exact) mass is 275 g/mol. The van der Waals surface area contributed by atoms with Crippen molar-refractivity contribution in [3.63, 3.8) is 0 Å². The lowest BCUT2D eigenvalue weighted by atomic mass is 9.77. The first kappa shape index (κ1) is 14.6. The first-order valence-corrected chi connectivity index (χ1v) is 7.07. The number of benzene rings is 1. The molecule has 0 saturated heterocycles. The summed E-state index contributed by atoms with van der Waals surface area (Å²) < 4.78 is 0. The summed E-state index contributed by atoms with van der Waals surface area (Å²) in [5.41, 5.74) is 1.56. The third-order valence-corrected chi connectivity index (χ3v) is 4.18. The molecule has 1 aromatic rings. The minimum Gasteiger partial charge on any atom is -0.480 e. The minimum atomic E-state index is -1.00. The smallest absolute Gasteiger partial charge is 0.325 e. The van der Waals surface area contributed by atoms with Crippen molar-refractivity contribution in [3.05, 3.63) is 35.4 Å². The van der Waals surface area contributed by atoms with Crippen LogP contribution in [0.4, 0.5) is 0 Å². The third kappa shape index (κ3) is 2.69. The average molecular weight is 275 g/mol. The maximum Gasteiger partial charge on any atom is 0.325 e. The molecule has 1 aliphatic carbocycles. The second-order valence-electron chi connectivity index (χ2n) is 5.69. The summed E-state index contributed by atoms with van der Waals surface area (Å²) in [4.78, 5) is 23.5. The zero-order valence-electron chi connectivity index (χ0n) is 12.0. The predicted octanol–water partition coefficient (Wildman–Crippen LogP) is 2.40. The van der Waals surface area contributed by atoms with E-state index in [1.165, 1.54) is 6.92 Å². The minimum absolute atomic E-state index is 0.157. The lowest BCUT2D eigenvalue weighted by molar-refractivity contribution is -0.142. The first-order valence-electron chi connectivity index (χ1n) is 7.07. The van der Waals surface area contributed by atoms with Gasteiger partial charge in [-0.2, -0.15) is 0 Å². The van der Waals surface area contributed by atoms with Crippen molar-refractivity contribution >= 4 is 11.9 Å². The van der Waals surface area contributed by atoms with E-state index in [2.05, 4.69) is 5.32 Å². The maximum atomic E-state index is 12.6. The maximum absolute atomic E-state index is 12.6. The van der Waals surface area contributed by atoms with Gasteiger partial charge in [0.15, 0.2) is 0 Å². The number of aryl methyl sites for hydroxylation is 1. The van der Waals surface area contributed by atoms with E-state index < -0.39 is 17.4 Å². The topological polar surface area (TPSA) is 66.4 Å². The Kier molecular flexibility index (Phi) is 4.12. The summed E-state index contributed by atoms with van der Waals surface area (Å²) in [6.07, 6.45) is 3.58. The molecule has 1 aliphatic rings.